The molecule has 3 rings (SSSR count). The molecule has 2 amide bonds. The fourth-order valence-corrected chi connectivity index (χ4v) is 3.79. The number of anilines is 2. The summed E-state index contributed by atoms with van der Waals surface area (Å²) in [6.45, 7) is 2.05. The van der Waals surface area contributed by atoms with Crippen molar-refractivity contribution >= 4 is 45.7 Å². The van der Waals surface area contributed by atoms with Gasteiger partial charge in [0.15, 0.2) is 5.13 Å². The molecule has 0 radical (unpaired) electrons. The van der Waals surface area contributed by atoms with Crippen LogP contribution in [-0.2, 0) is 10.5 Å². The summed E-state index contributed by atoms with van der Waals surface area (Å²) in [5.74, 6) is 0.646. The molecule has 7 heteroatoms. The highest BCUT2D eigenvalue weighted by Crippen LogP contribution is 2.19. The maximum atomic E-state index is 12.4. The van der Waals surface area contributed by atoms with Crippen molar-refractivity contribution < 1.29 is 9.59 Å². The van der Waals surface area contributed by atoms with Crippen molar-refractivity contribution in [3.05, 3.63) is 76.8 Å². The minimum Gasteiger partial charge on any atom is -0.325 e. The first kappa shape index (κ1) is 19.1. The van der Waals surface area contributed by atoms with Crippen molar-refractivity contribution in [1.29, 1.82) is 0 Å². The van der Waals surface area contributed by atoms with Crippen molar-refractivity contribution in [2.24, 2.45) is 0 Å². The molecule has 2 N–H and O–H groups in total. The molecule has 27 heavy (non-hydrogen) atoms. The molecule has 0 spiro atoms. The van der Waals surface area contributed by atoms with Crippen molar-refractivity contribution in [2.75, 3.05) is 16.4 Å². The van der Waals surface area contributed by atoms with Gasteiger partial charge in [-0.1, -0.05) is 42.0 Å². The average molecular weight is 398 g/mol. The maximum Gasteiger partial charge on any atom is 0.259 e. The summed E-state index contributed by atoms with van der Waals surface area (Å²) >= 11 is 2.88. The molecular weight excluding hydrogens is 378 g/mol. The normalized spacial score (nSPS) is 10.4. The zero-order valence-electron chi connectivity index (χ0n) is 14.8. The second-order valence-electron chi connectivity index (χ2n) is 5.87. The van der Waals surface area contributed by atoms with Gasteiger partial charge in [0.2, 0.25) is 5.91 Å². The third kappa shape index (κ3) is 5.67. The van der Waals surface area contributed by atoms with E-state index in [2.05, 4.69) is 40.7 Å². The van der Waals surface area contributed by atoms with Gasteiger partial charge < -0.3 is 5.32 Å². The summed E-state index contributed by atoms with van der Waals surface area (Å²) < 4.78 is 0. The molecule has 138 valence electrons. The lowest BCUT2D eigenvalue weighted by atomic mass is 10.1. The Kier molecular flexibility index (Phi) is 6.62. The summed E-state index contributed by atoms with van der Waals surface area (Å²) in [4.78, 5) is 28.8. The minimum absolute atomic E-state index is 0.137. The number of hydrogen-bond acceptors (Lipinski definition) is 5. The Labute approximate surface area is 166 Å². The van der Waals surface area contributed by atoms with Crippen molar-refractivity contribution in [3.63, 3.8) is 0 Å². The lowest BCUT2D eigenvalue weighted by Crippen LogP contribution is -2.19. The van der Waals surface area contributed by atoms with Crippen LogP contribution in [0.3, 0.4) is 0 Å². The molecule has 5 nitrogen and oxygen atoms in total. The van der Waals surface area contributed by atoms with E-state index >= 15 is 0 Å². The van der Waals surface area contributed by atoms with Gasteiger partial charge in [0.05, 0.1) is 17.0 Å². The smallest absolute Gasteiger partial charge is 0.259 e. The van der Waals surface area contributed by atoms with Gasteiger partial charge in [-0.2, -0.15) is 0 Å². The Morgan fingerprint density at radius 3 is 2.74 bits per heavy atom. The van der Waals surface area contributed by atoms with Crippen LogP contribution in [-0.4, -0.2) is 22.6 Å². The lowest BCUT2D eigenvalue weighted by Gasteiger charge is -2.10. The monoisotopic (exact) mass is 397 g/mol. The number of nitrogens with one attached hydrogen (secondary N) is 2. The van der Waals surface area contributed by atoms with Crippen LogP contribution < -0.4 is 10.6 Å². The van der Waals surface area contributed by atoms with Crippen molar-refractivity contribution in [2.45, 2.75) is 12.7 Å². The van der Waals surface area contributed by atoms with Gasteiger partial charge in [0.1, 0.15) is 0 Å². The summed E-state index contributed by atoms with van der Waals surface area (Å²) in [5.41, 5.74) is 3.30. The third-order valence-electron chi connectivity index (χ3n) is 3.68. The Morgan fingerprint density at radius 2 is 1.96 bits per heavy atom. The topological polar surface area (TPSA) is 71.1 Å². The number of aryl methyl sites for hydroxylation is 1. The summed E-state index contributed by atoms with van der Waals surface area (Å²) in [6.07, 6.45) is 1.62. The fraction of sp³-hybridized carbons (Fsp3) is 0.150. The quantitative estimate of drug-likeness (QED) is 0.612. The van der Waals surface area contributed by atoms with Crippen LogP contribution in [0.25, 0.3) is 0 Å². The van der Waals surface area contributed by atoms with E-state index in [4.69, 9.17) is 0 Å². The Hall–Kier alpha value is -2.64. The maximum absolute atomic E-state index is 12.4. The Bertz CT molecular complexity index is 926. The number of hydrogen-bond donors (Lipinski definition) is 2. The van der Waals surface area contributed by atoms with E-state index in [1.165, 1.54) is 34.2 Å². The second-order valence-corrected chi connectivity index (χ2v) is 7.75. The van der Waals surface area contributed by atoms with Gasteiger partial charge in [0, 0.05) is 17.3 Å². The molecule has 0 aliphatic rings. The molecule has 0 unspecified atom stereocenters. The van der Waals surface area contributed by atoms with E-state index in [1.54, 1.807) is 35.8 Å². The van der Waals surface area contributed by atoms with E-state index < -0.39 is 0 Å². The van der Waals surface area contributed by atoms with Crippen LogP contribution >= 0.6 is 23.1 Å². The van der Waals surface area contributed by atoms with E-state index in [1.807, 2.05) is 6.07 Å². The molecule has 0 fully saturated rings. The molecule has 0 aliphatic carbocycles. The number of amides is 2. The first-order chi connectivity index (χ1) is 13.1. The molecule has 1 heterocycles. The number of thioether (sulfide) groups is 1. The van der Waals surface area contributed by atoms with Crippen LogP contribution in [0.5, 0.6) is 0 Å². The first-order valence-electron chi connectivity index (χ1n) is 8.35. The number of thiazole rings is 1. The van der Waals surface area contributed by atoms with Crippen LogP contribution in [0.15, 0.2) is 60.1 Å². The van der Waals surface area contributed by atoms with E-state index in [9.17, 15) is 9.59 Å². The molecule has 0 saturated carbocycles. The first-order valence-corrected chi connectivity index (χ1v) is 10.4. The number of carbonyl (C=O) groups excluding carboxylic acids is 2. The predicted molar refractivity (Wildman–Crippen MR) is 112 cm³/mol. The summed E-state index contributed by atoms with van der Waals surface area (Å²) in [5, 5.41) is 7.87. The van der Waals surface area contributed by atoms with Gasteiger partial charge in [-0.05, 0) is 24.6 Å². The molecular formula is C20H19N3O2S2. The summed E-state index contributed by atoms with van der Waals surface area (Å²) in [6, 6.07) is 15.2. The SMILES string of the molecule is Cc1cccc(CSCC(=O)Nc2ccccc2C(=O)Nc2nccs2)c1. The van der Waals surface area contributed by atoms with Crippen LogP contribution in [0.2, 0.25) is 0 Å². The Balaban J connectivity index is 1.56. The highest BCUT2D eigenvalue weighted by Gasteiger charge is 2.14. The van der Waals surface area contributed by atoms with Crippen molar-refractivity contribution in [1.82, 2.24) is 4.98 Å². The number of benzene rings is 2. The van der Waals surface area contributed by atoms with E-state index in [0.717, 1.165) is 5.75 Å². The zero-order chi connectivity index (χ0) is 19.1. The van der Waals surface area contributed by atoms with Gasteiger partial charge in [0.25, 0.3) is 5.91 Å². The Morgan fingerprint density at radius 1 is 1.11 bits per heavy atom. The van der Waals surface area contributed by atoms with Crippen LogP contribution in [0.1, 0.15) is 21.5 Å². The summed E-state index contributed by atoms with van der Waals surface area (Å²) in [7, 11) is 0. The molecule has 0 atom stereocenters. The standard InChI is InChI=1S/C20H19N3O2S2/c1-14-5-4-6-15(11-14)12-26-13-18(24)22-17-8-3-2-7-16(17)19(25)23-20-21-9-10-27-20/h2-11H,12-13H2,1H3,(H,22,24)(H,21,23,25). The molecule has 2 aromatic carbocycles. The van der Waals surface area contributed by atoms with Gasteiger partial charge in [-0.3, -0.25) is 14.9 Å². The van der Waals surface area contributed by atoms with Gasteiger partial charge in [-0.25, -0.2) is 4.98 Å². The lowest BCUT2D eigenvalue weighted by molar-refractivity contribution is -0.113. The van der Waals surface area contributed by atoms with Crippen LogP contribution in [0, 0.1) is 6.92 Å². The number of rotatable bonds is 7. The third-order valence-corrected chi connectivity index (χ3v) is 5.38. The van der Waals surface area contributed by atoms with E-state index in [-0.39, 0.29) is 11.8 Å². The molecule has 1 aromatic heterocycles. The molecule has 3 aromatic rings. The minimum atomic E-state index is -0.298. The molecule has 0 bridgehead atoms. The predicted octanol–water partition coefficient (Wildman–Crippen LogP) is 4.58. The highest BCUT2D eigenvalue weighted by molar-refractivity contribution is 7.99. The average Bonchev–Trinajstić information content (AvgIpc) is 3.15. The molecule has 0 aliphatic heterocycles. The van der Waals surface area contributed by atoms with Crippen molar-refractivity contribution in [3.8, 4) is 0 Å². The zero-order valence-corrected chi connectivity index (χ0v) is 16.4. The number of carbonyl (C=O) groups is 2. The van der Waals surface area contributed by atoms with Crippen LogP contribution in [0.4, 0.5) is 10.8 Å². The number of aromatic nitrogens is 1. The molecule has 0 saturated heterocycles. The highest BCUT2D eigenvalue weighted by atomic mass is 32.2. The second kappa shape index (κ2) is 9.34. The van der Waals surface area contributed by atoms with E-state index in [0.29, 0.717) is 22.1 Å². The number of nitrogens with zero attached hydrogens (tertiary/aromatic N) is 1. The van der Waals surface area contributed by atoms with Gasteiger partial charge in [-0.15, -0.1) is 23.1 Å². The largest absolute Gasteiger partial charge is 0.325 e. The van der Waals surface area contributed by atoms with Gasteiger partial charge >= 0.3 is 0 Å². The fourth-order valence-electron chi connectivity index (χ4n) is 2.49. The number of para-hydroxylation sites is 1.